The number of nitrogens with zero attached hydrogens (tertiary/aromatic N) is 2. The molecule has 0 bridgehead atoms. The lowest BCUT2D eigenvalue weighted by atomic mass is 10.1. The molecule has 208 valence electrons. The molecule has 0 saturated heterocycles. The zero-order valence-electron chi connectivity index (χ0n) is 23.4. The Balaban J connectivity index is 2.01. The van der Waals surface area contributed by atoms with Crippen LogP contribution in [0.15, 0.2) is 83.8 Å². The molecule has 3 aromatic rings. The van der Waals surface area contributed by atoms with Crippen molar-refractivity contribution < 1.29 is 18.0 Å². The summed E-state index contributed by atoms with van der Waals surface area (Å²) < 4.78 is 28.9. The molecule has 1 atom stereocenters. The maximum absolute atomic E-state index is 14.0. The van der Waals surface area contributed by atoms with Crippen molar-refractivity contribution in [1.29, 1.82) is 0 Å². The number of anilines is 1. The van der Waals surface area contributed by atoms with Crippen LogP contribution in [0.5, 0.6) is 0 Å². The smallest absolute Gasteiger partial charge is 0.264 e. The maximum atomic E-state index is 14.0. The molecule has 0 aliphatic heterocycles. The summed E-state index contributed by atoms with van der Waals surface area (Å²) in [6.45, 7) is 9.20. The van der Waals surface area contributed by atoms with Crippen LogP contribution in [0.1, 0.15) is 43.9 Å². The fourth-order valence-corrected chi connectivity index (χ4v) is 5.83. The Bertz CT molecular complexity index is 1360. The van der Waals surface area contributed by atoms with Crippen molar-refractivity contribution in [3.05, 3.63) is 95.6 Å². The predicted molar refractivity (Wildman–Crippen MR) is 156 cm³/mol. The van der Waals surface area contributed by atoms with E-state index in [9.17, 15) is 18.0 Å². The summed E-state index contributed by atoms with van der Waals surface area (Å²) in [4.78, 5) is 28.8. The van der Waals surface area contributed by atoms with E-state index in [0.29, 0.717) is 18.5 Å². The first-order chi connectivity index (χ1) is 18.5. The molecule has 3 rings (SSSR count). The summed E-state index contributed by atoms with van der Waals surface area (Å²) >= 11 is 0. The lowest BCUT2D eigenvalue weighted by molar-refractivity contribution is -0.139. The Hall–Kier alpha value is -3.65. The second-order valence-corrected chi connectivity index (χ2v) is 11.9. The van der Waals surface area contributed by atoms with E-state index < -0.39 is 28.5 Å². The average molecular weight is 550 g/mol. The zero-order chi connectivity index (χ0) is 28.6. The van der Waals surface area contributed by atoms with Gasteiger partial charge in [0.15, 0.2) is 0 Å². The number of aryl methyl sites for hydroxylation is 2. The number of nitrogens with one attached hydrogen (secondary N) is 1. The summed E-state index contributed by atoms with van der Waals surface area (Å²) in [5.41, 5.74) is 3.22. The van der Waals surface area contributed by atoms with E-state index in [1.54, 1.807) is 42.5 Å². The Labute approximate surface area is 232 Å². The van der Waals surface area contributed by atoms with Crippen LogP contribution in [0.2, 0.25) is 0 Å². The lowest BCUT2D eigenvalue weighted by Crippen LogP contribution is -2.54. The first-order valence-corrected chi connectivity index (χ1v) is 14.8. The molecule has 0 aliphatic rings. The summed E-state index contributed by atoms with van der Waals surface area (Å²) in [5.74, 6) is -0.689. The number of benzene rings is 3. The molecule has 1 unspecified atom stereocenters. The third kappa shape index (κ3) is 7.93. The topological polar surface area (TPSA) is 86.8 Å². The Morgan fingerprint density at radius 1 is 0.872 bits per heavy atom. The molecular formula is C31H39N3O4S. The Morgan fingerprint density at radius 3 is 2.13 bits per heavy atom. The van der Waals surface area contributed by atoms with E-state index in [4.69, 9.17) is 0 Å². The molecule has 2 amide bonds. The highest BCUT2D eigenvalue weighted by Crippen LogP contribution is 2.25. The fraction of sp³-hybridized carbons (Fsp3) is 0.355. The number of carbonyl (C=O) groups excluding carboxylic acids is 2. The molecule has 0 radical (unpaired) electrons. The van der Waals surface area contributed by atoms with Gasteiger partial charge in [0.2, 0.25) is 11.8 Å². The SMILES string of the molecule is CCC(C(=O)NC(C)C)N(CCc1ccccc1)C(=O)CN(c1cccc(C)c1)S(=O)(=O)c1ccc(C)cc1. The molecule has 0 heterocycles. The Morgan fingerprint density at radius 2 is 1.54 bits per heavy atom. The molecule has 0 aliphatic carbocycles. The summed E-state index contributed by atoms with van der Waals surface area (Å²) in [6, 6.07) is 22.5. The molecule has 0 fully saturated rings. The molecule has 3 aromatic carbocycles. The number of hydrogen-bond acceptors (Lipinski definition) is 4. The second-order valence-electron chi connectivity index (χ2n) is 10.1. The molecule has 1 N–H and O–H groups in total. The lowest BCUT2D eigenvalue weighted by Gasteiger charge is -2.33. The molecule has 7 nitrogen and oxygen atoms in total. The largest absolute Gasteiger partial charge is 0.352 e. The highest BCUT2D eigenvalue weighted by molar-refractivity contribution is 7.92. The number of sulfonamides is 1. The van der Waals surface area contributed by atoms with Gasteiger partial charge in [0.1, 0.15) is 12.6 Å². The van der Waals surface area contributed by atoms with E-state index in [2.05, 4.69) is 5.32 Å². The van der Waals surface area contributed by atoms with Gasteiger partial charge < -0.3 is 10.2 Å². The van der Waals surface area contributed by atoms with Crippen molar-refractivity contribution in [2.24, 2.45) is 0 Å². The quantitative estimate of drug-likeness (QED) is 0.349. The maximum Gasteiger partial charge on any atom is 0.264 e. The highest BCUT2D eigenvalue weighted by atomic mass is 32.2. The minimum absolute atomic E-state index is 0.0941. The zero-order valence-corrected chi connectivity index (χ0v) is 24.2. The van der Waals surface area contributed by atoms with Crippen LogP contribution in [-0.2, 0) is 26.0 Å². The number of hydrogen-bond donors (Lipinski definition) is 1. The van der Waals surface area contributed by atoms with Crippen LogP contribution in [0.4, 0.5) is 5.69 Å². The summed E-state index contributed by atoms with van der Waals surface area (Å²) in [6.07, 6.45) is 0.932. The minimum atomic E-state index is -4.07. The van der Waals surface area contributed by atoms with Crippen LogP contribution in [-0.4, -0.2) is 50.3 Å². The molecule has 0 saturated carbocycles. The van der Waals surface area contributed by atoms with Gasteiger partial charge in [0.25, 0.3) is 10.0 Å². The van der Waals surface area contributed by atoms with Gasteiger partial charge in [-0.3, -0.25) is 13.9 Å². The number of rotatable bonds is 12. The predicted octanol–water partition coefficient (Wildman–Crippen LogP) is 4.87. The van der Waals surface area contributed by atoms with E-state index in [1.807, 2.05) is 71.0 Å². The minimum Gasteiger partial charge on any atom is -0.352 e. The average Bonchev–Trinajstić information content (AvgIpc) is 2.89. The van der Waals surface area contributed by atoms with Crippen molar-refractivity contribution in [1.82, 2.24) is 10.2 Å². The van der Waals surface area contributed by atoms with Gasteiger partial charge in [-0.05, 0) is 75.9 Å². The third-order valence-corrected chi connectivity index (χ3v) is 8.27. The summed E-state index contributed by atoms with van der Waals surface area (Å²) in [7, 11) is -4.07. The number of amides is 2. The Kier molecular flexibility index (Phi) is 10.3. The highest BCUT2D eigenvalue weighted by Gasteiger charge is 2.33. The standard InChI is InChI=1S/C31H39N3O4S/c1-6-29(31(36)32-23(2)3)33(20-19-26-12-8-7-9-13-26)30(35)22-34(27-14-10-11-25(5)21-27)39(37,38)28-17-15-24(4)16-18-28/h7-18,21,23,29H,6,19-20,22H2,1-5H3,(H,32,36). The van der Waals surface area contributed by atoms with Gasteiger partial charge in [-0.15, -0.1) is 0 Å². The van der Waals surface area contributed by atoms with Crippen molar-refractivity contribution in [3.63, 3.8) is 0 Å². The van der Waals surface area contributed by atoms with Gasteiger partial charge in [0.05, 0.1) is 10.6 Å². The normalized spacial score (nSPS) is 12.2. The van der Waals surface area contributed by atoms with Gasteiger partial charge in [-0.1, -0.05) is 67.1 Å². The van der Waals surface area contributed by atoms with Crippen molar-refractivity contribution in [2.45, 2.75) is 64.4 Å². The van der Waals surface area contributed by atoms with Gasteiger partial charge in [-0.2, -0.15) is 0 Å². The van der Waals surface area contributed by atoms with E-state index in [-0.39, 0.29) is 23.4 Å². The van der Waals surface area contributed by atoms with E-state index in [0.717, 1.165) is 21.0 Å². The van der Waals surface area contributed by atoms with Crippen LogP contribution in [0.25, 0.3) is 0 Å². The van der Waals surface area contributed by atoms with Crippen molar-refractivity contribution in [2.75, 3.05) is 17.4 Å². The first kappa shape index (κ1) is 29.9. The fourth-order valence-electron chi connectivity index (χ4n) is 4.43. The second kappa shape index (κ2) is 13.4. The van der Waals surface area contributed by atoms with Gasteiger partial charge in [-0.25, -0.2) is 8.42 Å². The molecule has 0 aromatic heterocycles. The van der Waals surface area contributed by atoms with Gasteiger partial charge >= 0.3 is 0 Å². The molecule has 8 heteroatoms. The molecule has 39 heavy (non-hydrogen) atoms. The van der Waals surface area contributed by atoms with Crippen LogP contribution < -0.4 is 9.62 Å². The monoisotopic (exact) mass is 549 g/mol. The first-order valence-electron chi connectivity index (χ1n) is 13.3. The third-order valence-electron chi connectivity index (χ3n) is 6.48. The van der Waals surface area contributed by atoms with Crippen LogP contribution in [0, 0.1) is 13.8 Å². The van der Waals surface area contributed by atoms with E-state index >= 15 is 0 Å². The van der Waals surface area contributed by atoms with Crippen molar-refractivity contribution >= 4 is 27.5 Å². The van der Waals surface area contributed by atoms with Gasteiger partial charge in [0, 0.05) is 12.6 Å². The molecule has 0 spiro atoms. The van der Waals surface area contributed by atoms with Crippen molar-refractivity contribution in [3.8, 4) is 0 Å². The number of carbonyl (C=O) groups is 2. The summed E-state index contributed by atoms with van der Waals surface area (Å²) in [5, 5.41) is 2.92. The van der Waals surface area contributed by atoms with E-state index in [1.165, 1.54) is 4.90 Å². The molecular weight excluding hydrogens is 510 g/mol. The van der Waals surface area contributed by atoms with Crippen LogP contribution in [0.3, 0.4) is 0 Å². The van der Waals surface area contributed by atoms with Crippen LogP contribution >= 0.6 is 0 Å².